The van der Waals surface area contributed by atoms with Gasteiger partial charge in [-0.2, -0.15) is 0 Å². The molecule has 0 amide bonds. The van der Waals surface area contributed by atoms with E-state index in [1.54, 1.807) is 24.1 Å². The lowest BCUT2D eigenvalue weighted by molar-refractivity contribution is 0.387. The van der Waals surface area contributed by atoms with Crippen LogP contribution in [0.15, 0.2) is 0 Å². The predicted molar refractivity (Wildman–Crippen MR) is 156 cm³/mol. The third-order valence-corrected chi connectivity index (χ3v) is 9.76. The molecule has 0 radical (unpaired) electrons. The summed E-state index contributed by atoms with van der Waals surface area (Å²) in [5.74, 6) is 0. The monoisotopic (exact) mass is 530 g/mol. The van der Waals surface area contributed by atoms with E-state index in [1.165, 1.54) is 141 Å². The van der Waals surface area contributed by atoms with Gasteiger partial charge in [0.15, 0.2) is 0 Å². The van der Waals surface area contributed by atoms with Crippen molar-refractivity contribution in [1.82, 2.24) is 0 Å². The fraction of sp³-hybridized carbons (Fsp3) is 1.00. The van der Waals surface area contributed by atoms with Crippen LogP contribution in [0, 0.1) is 0 Å². The van der Waals surface area contributed by atoms with Crippen molar-refractivity contribution in [2.75, 3.05) is 13.2 Å². The number of hydrogen-bond acceptors (Lipinski definition) is 5. The summed E-state index contributed by atoms with van der Waals surface area (Å²) in [7, 11) is 0. The van der Waals surface area contributed by atoms with Crippen molar-refractivity contribution in [1.29, 1.82) is 0 Å². The van der Waals surface area contributed by atoms with Crippen LogP contribution in [0.3, 0.4) is 0 Å². The van der Waals surface area contributed by atoms with Crippen LogP contribution < -0.4 is 0 Å². The molecule has 0 aromatic rings. The highest BCUT2D eigenvalue weighted by molar-refractivity contribution is 8.08. The van der Waals surface area contributed by atoms with Gasteiger partial charge in [-0.3, -0.25) is 0 Å². The van der Waals surface area contributed by atoms with Crippen molar-refractivity contribution in [3.8, 4) is 0 Å². The van der Waals surface area contributed by atoms with E-state index in [-0.39, 0.29) is 0 Å². The van der Waals surface area contributed by atoms with Crippen LogP contribution >= 0.6 is 24.1 Å². The van der Waals surface area contributed by atoms with Crippen molar-refractivity contribution in [2.45, 2.75) is 178 Å². The van der Waals surface area contributed by atoms with E-state index in [0.29, 0.717) is 22.7 Å². The van der Waals surface area contributed by atoms with Gasteiger partial charge < -0.3 is 9.47 Å². The van der Waals surface area contributed by atoms with Gasteiger partial charge in [0, 0.05) is 24.1 Å². The average molecular weight is 531 g/mol. The molecule has 208 valence electrons. The Morgan fingerprint density at radius 2 is 0.800 bits per heavy atom. The van der Waals surface area contributed by atoms with E-state index < -0.39 is 0 Å². The van der Waals surface area contributed by atoms with E-state index >= 15 is 0 Å². The first-order valence-corrected chi connectivity index (χ1v) is 17.2. The zero-order chi connectivity index (χ0) is 24.8. The van der Waals surface area contributed by atoms with Gasteiger partial charge in [-0.15, -0.1) is 0 Å². The fourth-order valence-corrected chi connectivity index (χ4v) is 7.00. The van der Waals surface area contributed by atoms with E-state index in [1.807, 2.05) is 0 Å². The van der Waals surface area contributed by atoms with Gasteiger partial charge in [0.2, 0.25) is 0 Å². The molecule has 3 nitrogen and oxygen atoms in total. The summed E-state index contributed by atoms with van der Waals surface area (Å²) < 4.78 is 17.4. The Labute approximate surface area is 227 Å². The van der Waals surface area contributed by atoms with Crippen LogP contribution in [-0.2, 0) is 13.1 Å². The van der Waals surface area contributed by atoms with E-state index in [0.717, 1.165) is 13.2 Å². The SMILES string of the molecule is CCCCCCCCCCCCC(SOSC(CCCCCCCCCCCC)C1CO1)C1CO1. The van der Waals surface area contributed by atoms with Gasteiger partial charge in [-0.1, -0.05) is 142 Å². The molecule has 2 aliphatic heterocycles. The molecule has 0 spiro atoms. The number of unbranched alkanes of at least 4 members (excludes halogenated alkanes) is 18. The minimum atomic E-state index is 0.428. The maximum absolute atomic E-state index is 6.12. The Kier molecular flexibility index (Phi) is 20.5. The molecule has 2 heterocycles. The second kappa shape index (κ2) is 22.6. The molecule has 0 aliphatic carbocycles. The highest BCUT2D eigenvalue weighted by Gasteiger charge is 2.36. The van der Waals surface area contributed by atoms with Gasteiger partial charge in [0.05, 0.1) is 35.9 Å². The Morgan fingerprint density at radius 3 is 1.09 bits per heavy atom. The topological polar surface area (TPSA) is 34.3 Å². The van der Waals surface area contributed by atoms with Gasteiger partial charge >= 0.3 is 0 Å². The molecule has 2 rings (SSSR count). The van der Waals surface area contributed by atoms with E-state index in [9.17, 15) is 0 Å². The third kappa shape index (κ3) is 18.5. The number of hydrogen-bond donors (Lipinski definition) is 0. The summed E-state index contributed by atoms with van der Waals surface area (Å²) in [4.78, 5) is 0. The third-order valence-electron chi connectivity index (χ3n) is 7.56. The molecule has 35 heavy (non-hydrogen) atoms. The standard InChI is InChI=1S/C30H58O3S2/c1-3-5-7-9-11-13-15-17-19-21-23-29(27-25-31-27)34-33-35-30(28-26-32-28)24-22-20-18-16-14-12-10-8-6-4-2/h27-30H,3-26H2,1-2H3. The molecule has 4 unspecified atom stereocenters. The van der Waals surface area contributed by atoms with Crippen LogP contribution in [0.5, 0.6) is 0 Å². The number of rotatable bonds is 28. The maximum atomic E-state index is 6.12. The molecule has 2 saturated heterocycles. The average Bonchev–Trinajstić information content (AvgIpc) is 3.77. The lowest BCUT2D eigenvalue weighted by atomic mass is 10.0. The van der Waals surface area contributed by atoms with Crippen LogP contribution in [0.2, 0.25) is 0 Å². The second-order valence-electron chi connectivity index (χ2n) is 11.0. The Morgan fingerprint density at radius 1 is 0.514 bits per heavy atom. The second-order valence-corrected chi connectivity index (χ2v) is 13.2. The molecule has 2 aliphatic rings. The maximum Gasteiger partial charge on any atom is 0.0950 e. The Bertz CT molecular complexity index is 417. The molecular weight excluding hydrogens is 472 g/mol. The first kappa shape index (κ1) is 31.8. The van der Waals surface area contributed by atoms with E-state index in [4.69, 9.17) is 13.1 Å². The van der Waals surface area contributed by atoms with Crippen LogP contribution in [-0.4, -0.2) is 35.9 Å². The number of epoxide rings is 2. The van der Waals surface area contributed by atoms with Gasteiger partial charge in [-0.25, -0.2) is 3.63 Å². The Hall–Kier alpha value is 0.580. The summed E-state index contributed by atoms with van der Waals surface area (Å²) in [6, 6.07) is 0. The lowest BCUT2D eigenvalue weighted by Gasteiger charge is -2.16. The smallest absolute Gasteiger partial charge is 0.0950 e. The van der Waals surface area contributed by atoms with Crippen molar-refractivity contribution in [3.05, 3.63) is 0 Å². The van der Waals surface area contributed by atoms with Gasteiger partial charge in [0.1, 0.15) is 0 Å². The first-order chi connectivity index (χ1) is 17.3. The zero-order valence-electron chi connectivity index (χ0n) is 23.3. The summed E-state index contributed by atoms with van der Waals surface area (Å²) in [6.45, 7) is 6.44. The van der Waals surface area contributed by atoms with Gasteiger partial charge in [0.25, 0.3) is 0 Å². The molecule has 0 aromatic heterocycles. The highest BCUT2D eigenvalue weighted by Crippen LogP contribution is 2.38. The quantitative estimate of drug-likeness (QED) is 0.0571. The molecule has 5 heteroatoms. The fourth-order valence-electron chi connectivity index (χ4n) is 4.92. The van der Waals surface area contributed by atoms with Crippen molar-refractivity contribution < 1.29 is 13.1 Å². The zero-order valence-corrected chi connectivity index (χ0v) is 25.0. The first-order valence-electron chi connectivity index (χ1n) is 15.6. The molecule has 0 saturated carbocycles. The van der Waals surface area contributed by atoms with Crippen LogP contribution in [0.4, 0.5) is 0 Å². The van der Waals surface area contributed by atoms with Crippen molar-refractivity contribution in [2.24, 2.45) is 0 Å². The highest BCUT2D eigenvalue weighted by atomic mass is 32.2. The molecular formula is C30H58O3S2. The van der Waals surface area contributed by atoms with Crippen molar-refractivity contribution >= 4 is 24.1 Å². The minimum absolute atomic E-state index is 0.428. The summed E-state index contributed by atoms with van der Waals surface area (Å²) in [6.07, 6.45) is 31.3. The Balaban J connectivity index is 1.43. The predicted octanol–water partition coefficient (Wildman–Crippen LogP) is 10.5. The molecule has 2 fully saturated rings. The normalized spacial score (nSPS) is 20.7. The molecule has 0 N–H and O–H groups in total. The lowest BCUT2D eigenvalue weighted by Crippen LogP contribution is -2.14. The molecule has 0 bridgehead atoms. The van der Waals surface area contributed by atoms with Crippen LogP contribution in [0.1, 0.15) is 155 Å². The summed E-state index contributed by atoms with van der Waals surface area (Å²) in [5, 5.41) is 1.02. The largest absolute Gasteiger partial charge is 0.372 e. The van der Waals surface area contributed by atoms with Gasteiger partial charge in [-0.05, 0) is 12.8 Å². The van der Waals surface area contributed by atoms with E-state index in [2.05, 4.69) is 13.8 Å². The number of ether oxygens (including phenoxy) is 2. The van der Waals surface area contributed by atoms with Crippen LogP contribution in [0.25, 0.3) is 0 Å². The van der Waals surface area contributed by atoms with Crippen molar-refractivity contribution in [3.63, 3.8) is 0 Å². The molecule has 4 atom stereocenters. The summed E-state index contributed by atoms with van der Waals surface area (Å²) in [5.41, 5.74) is 0. The minimum Gasteiger partial charge on any atom is -0.372 e. The molecule has 0 aromatic carbocycles. The summed E-state index contributed by atoms with van der Waals surface area (Å²) >= 11 is 3.37.